The molecule has 0 bridgehead atoms. The van der Waals surface area contributed by atoms with E-state index >= 15 is 0 Å². The Morgan fingerprint density at radius 2 is 1.90 bits per heavy atom. The molecule has 4 atom stereocenters. The number of nitrogens with one attached hydrogen (secondary N) is 1. The van der Waals surface area contributed by atoms with Crippen LogP contribution in [0.25, 0.3) is 0 Å². The van der Waals surface area contributed by atoms with Crippen molar-refractivity contribution in [3.05, 3.63) is 16.5 Å². The largest absolute Gasteiger partial charge is 0.367 e. The van der Waals surface area contributed by atoms with Crippen LogP contribution in [-0.4, -0.2) is 16.0 Å². The van der Waals surface area contributed by atoms with E-state index in [-0.39, 0.29) is 5.92 Å². The van der Waals surface area contributed by atoms with E-state index in [1.54, 1.807) is 0 Å². The van der Waals surface area contributed by atoms with Gasteiger partial charge in [-0.15, -0.1) is 0 Å². The summed E-state index contributed by atoms with van der Waals surface area (Å²) in [6, 6.07) is 0.481. The molecule has 118 valence electrons. The molecule has 1 aliphatic carbocycles. The van der Waals surface area contributed by atoms with E-state index in [4.69, 9.17) is 16.6 Å². The van der Waals surface area contributed by atoms with Gasteiger partial charge in [-0.2, -0.15) is 0 Å². The van der Waals surface area contributed by atoms with Crippen LogP contribution in [0.15, 0.2) is 0 Å². The first-order chi connectivity index (χ1) is 9.85. The molecule has 1 aromatic heterocycles. The summed E-state index contributed by atoms with van der Waals surface area (Å²) in [6.45, 7) is 13.2. The van der Waals surface area contributed by atoms with Crippen molar-refractivity contribution in [2.75, 3.05) is 5.32 Å². The Balaban J connectivity index is 2.23. The second-order valence-electron chi connectivity index (χ2n) is 6.87. The average Bonchev–Trinajstić information content (AvgIpc) is 2.71. The van der Waals surface area contributed by atoms with Crippen LogP contribution < -0.4 is 5.32 Å². The molecule has 1 fully saturated rings. The van der Waals surface area contributed by atoms with Crippen molar-refractivity contribution < 1.29 is 0 Å². The normalized spacial score (nSPS) is 29.1. The van der Waals surface area contributed by atoms with Gasteiger partial charge in [-0.25, -0.2) is 9.97 Å². The molecule has 2 rings (SSSR count). The van der Waals surface area contributed by atoms with Gasteiger partial charge in [0.15, 0.2) is 0 Å². The Kier molecular flexibility index (Phi) is 5.13. The smallest absolute Gasteiger partial charge is 0.137 e. The minimum Gasteiger partial charge on any atom is -0.367 e. The van der Waals surface area contributed by atoms with E-state index in [0.717, 1.165) is 29.0 Å². The van der Waals surface area contributed by atoms with Crippen LogP contribution in [0.3, 0.4) is 0 Å². The summed E-state index contributed by atoms with van der Waals surface area (Å²) in [4.78, 5) is 9.09. The number of anilines is 1. The predicted octanol–water partition coefficient (Wildman–Crippen LogP) is 5.04. The van der Waals surface area contributed by atoms with Gasteiger partial charge in [0, 0.05) is 17.5 Å². The molecule has 4 heteroatoms. The third-order valence-corrected chi connectivity index (χ3v) is 5.60. The van der Waals surface area contributed by atoms with Crippen molar-refractivity contribution in [3.63, 3.8) is 0 Å². The topological polar surface area (TPSA) is 37.8 Å². The van der Waals surface area contributed by atoms with Gasteiger partial charge in [-0.3, -0.25) is 0 Å². The summed E-state index contributed by atoms with van der Waals surface area (Å²) in [6.07, 6.45) is 2.47. The summed E-state index contributed by atoms with van der Waals surface area (Å²) >= 11 is 6.28. The number of aromatic nitrogens is 2. The van der Waals surface area contributed by atoms with Gasteiger partial charge in [-0.05, 0) is 31.1 Å². The molecular weight excluding hydrogens is 282 g/mol. The van der Waals surface area contributed by atoms with Gasteiger partial charge in [-0.1, -0.05) is 52.6 Å². The standard InChI is InChI=1S/C17H28ClN3/c1-7-13-8-14(11(5)10(13)4)19-17-12(6)15(18)20-16(21-17)9(2)3/h9-11,13-14H,7-8H2,1-6H3,(H,19,20,21). The molecular formula is C17H28ClN3. The predicted molar refractivity (Wildman–Crippen MR) is 90.0 cm³/mol. The first-order valence-electron chi connectivity index (χ1n) is 8.15. The molecule has 0 amide bonds. The molecule has 0 aliphatic heterocycles. The molecule has 1 heterocycles. The number of nitrogens with zero attached hydrogens (tertiary/aromatic N) is 2. The number of hydrogen-bond donors (Lipinski definition) is 1. The second-order valence-corrected chi connectivity index (χ2v) is 7.23. The maximum Gasteiger partial charge on any atom is 0.137 e. The van der Waals surface area contributed by atoms with Gasteiger partial charge in [0.1, 0.15) is 16.8 Å². The molecule has 1 N–H and O–H groups in total. The Hall–Kier alpha value is -0.830. The zero-order chi connectivity index (χ0) is 15.7. The summed E-state index contributed by atoms with van der Waals surface area (Å²) < 4.78 is 0. The Morgan fingerprint density at radius 1 is 1.24 bits per heavy atom. The lowest BCUT2D eigenvalue weighted by Gasteiger charge is -2.22. The van der Waals surface area contributed by atoms with Gasteiger partial charge in [0.05, 0.1) is 0 Å². The van der Waals surface area contributed by atoms with E-state index in [2.05, 4.69) is 44.9 Å². The summed E-state index contributed by atoms with van der Waals surface area (Å²) in [5.41, 5.74) is 0.959. The maximum atomic E-state index is 6.28. The Bertz CT molecular complexity index is 501. The fraction of sp³-hybridized carbons (Fsp3) is 0.765. The summed E-state index contributed by atoms with van der Waals surface area (Å²) in [5, 5.41) is 4.23. The van der Waals surface area contributed by atoms with E-state index in [1.807, 2.05) is 6.92 Å². The van der Waals surface area contributed by atoms with Crippen molar-refractivity contribution in [2.45, 2.75) is 66.3 Å². The highest BCUT2D eigenvalue weighted by Gasteiger charge is 2.37. The molecule has 0 spiro atoms. The van der Waals surface area contributed by atoms with Crippen molar-refractivity contribution in [1.29, 1.82) is 0 Å². The highest BCUT2D eigenvalue weighted by molar-refractivity contribution is 6.30. The molecule has 0 saturated heterocycles. The minimum absolute atomic E-state index is 0.284. The van der Waals surface area contributed by atoms with Crippen molar-refractivity contribution >= 4 is 17.4 Å². The lowest BCUT2D eigenvalue weighted by atomic mass is 9.90. The van der Waals surface area contributed by atoms with Crippen molar-refractivity contribution in [3.8, 4) is 0 Å². The zero-order valence-electron chi connectivity index (χ0n) is 14.1. The molecule has 1 aromatic rings. The minimum atomic E-state index is 0.284. The van der Waals surface area contributed by atoms with Crippen LogP contribution in [-0.2, 0) is 0 Å². The monoisotopic (exact) mass is 309 g/mol. The summed E-state index contributed by atoms with van der Waals surface area (Å²) in [7, 11) is 0. The molecule has 4 unspecified atom stereocenters. The summed E-state index contributed by atoms with van der Waals surface area (Å²) in [5.74, 6) is 4.24. The van der Waals surface area contributed by atoms with Crippen LogP contribution in [0.1, 0.15) is 64.8 Å². The Morgan fingerprint density at radius 3 is 2.43 bits per heavy atom. The number of rotatable bonds is 4. The Labute approximate surface area is 133 Å². The zero-order valence-corrected chi connectivity index (χ0v) is 14.8. The highest BCUT2D eigenvalue weighted by atomic mass is 35.5. The molecule has 1 saturated carbocycles. The number of hydrogen-bond acceptors (Lipinski definition) is 3. The van der Waals surface area contributed by atoms with E-state index in [9.17, 15) is 0 Å². The molecule has 1 aliphatic rings. The fourth-order valence-corrected chi connectivity index (χ4v) is 3.54. The second kappa shape index (κ2) is 6.51. The van der Waals surface area contributed by atoms with Gasteiger partial charge >= 0.3 is 0 Å². The van der Waals surface area contributed by atoms with E-state index < -0.39 is 0 Å². The maximum absolute atomic E-state index is 6.28. The van der Waals surface area contributed by atoms with Gasteiger partial charge < -0.3 is 5.32 Å². The van der Waals surface area contributed by atoms with Crippen molar-refractivity contribution in [1.82, 2.24) is 9.97 Å². The van der Waals surface area contributed by atoms with E-state index in [0.29, 0.717) is 17.1 Å². The van der Waals surface area contributed by atoms with Gasteiger partial charge in [0.2, 0.25) is 0 Å². The third-order valence-electron chi connectivity index (χ3n) is 5.23. The van der Waals surface area contributed by atoms with Crippen LogP contribution in [0, 0.1) is 24.7 Å². The lowest BCUT2D eigenvalue weighted by Crippen LogP contribution is -2.25. The molecule has 21 heavy (non-hydrogen) atoms. The quantitative estimate of drug-likeness (QED) is 0.791. The first kappa shape index (κ1) is 16.5. The average molecular weight is 310 g/mol. The number of halogens is 1. The SMILES string of the molecule is CCC1CC(Nc2nc(C(C)C)nc(Cl)c2C)C(C)C1C. The third kappa shape index (κ3) is 3.33. The lowest BCUT2D eigenvalue weighted by molar-refractivity contribution is 0.346. The molecule has 3 nitrogen and oxygen atoms in total. The van der Waals surface area contributed by atoms with E-state index in [1.165, 1.54) is 12.8 Å². The highest BCUT2D eigenvalue weighted by Crippen LogP contribution is 2.40. The molecule has 0 aromatic carbocycles. The molecule has 0 radical (unpaired) electrons. The van der Waals surface area contributed by atoms with Crippen LogP contribution in [0.2, 0.25) is 5.15 Å². The van der Waals surface area contributed by atoms with Crippen LogP contribution >= 0.6 is 11.6 Å². The van der Waals surface area contributed by atoms with Crippen LogP contribution in [0.5, 0.6) is 0 Å². The fourth-order valence-electron chi connectivity index (χ4n) is 3.36. The van der Waals surface area contributed by atoms with Crippen LogP contribution in [0.4, 0.5) is 5.82 Å². The van der Waals surface area contributed by atoms with Crippen molar-refractivity contribution in [2.24, 2.45) is 17.8 Å². The van der Waals surface area contributed by atoms with Gasteiger partial charge in [0.25, 0.3) is 0 Å². The first-order valence-corrected chi connectivity index (χ1v) is 8.53.